The van der Waals surface area contributed by atoms with Gasteiger partial charge in [0.15, 0.2) is 5.13 Å². The number of benzene rings is 2. The lowest BCUT2D eigenvalue weighted by Crippen LogP contribution is -2.27. The predicted octanol–water partition coefficient (Wildman–Crippen LogP) is 3.53. The van der Waals surface area contributed by atoms with E-state index in [2.05, 4.69) is 25.3 Å². The highest BCUT2D eigenvalue weighted by atomic mass is 32.1. The fraction of sp³-hybridized carbons (Fsp3) is 0.286. The molecule has 0 unspecified atom stereocenters. The average Bonchev–Trinajstić information content (AvgIpc) is 3.32. The van der Waals surface area contributed by atoms with E-state index in [1.165, 1.54) is 29.5 Å². The molecular formula is C21H21F3N6O3S. The van der Waals surface area contributed by atoms with Crippen molar-refractivity contribution in [1.29, 1.82) is 0 Å². The summed E-state index contributed by atoms with van der Waals surface area (Å²) in [7, 11) is 1.80. The molecule has 4 aromatic rings. The highest BCUT2D eigenvalue weighted by molar-refractivity contribution is 7.22. The Labute approximate surface area is 195 Å². The van der Waals surface area contributed by atoms with Gasteiger partial charge >= 0.3 is 6.36 Å². The van der Waals surface area contributed by atoms with Gasteiger partial charge < -0.3 is 30.4 Å². The quantitative estimate of drug-likeness (QED) is 0.305. The summed E-state index contributed by atoms with van der Waals surface area (Å²) in [6.45, 7) is 1.59. The number of amides is 1. The summed E-state index contributed by atoms with van der Waals surface area (Å²) in [6.07, 6.45) is -4.76. The van der Waals surface area contributed by atoms with E-state index >= 15 is 0 Å². The number of aryl methyl sites for hydroxylation is 1. The number of nitrogens with two attached hydrogens (primary N) is 1. The van der Waals surface area contributed by atoms with Gasteiger partial charge in [0.1, 0.15) is 5.75 Å². The maximum atomic E-state index is 12.5. The van der Waals surface area contributed by atoms with Crippen LogP contribution in [0.1, 0.15) is 10.4 Å². The highest BCUT2D eigenvalue weighted by Gasteiger charge is 2.31. The second-order valence-corrected chi connectivity index (χ2v) is 8.21. The van der Waals surface area contributed by atoms with Crippen LogP contribution in [0.5, 0.6) is 5.75 Å². The Morgan fingerprint density at radius 1 is 1.15 bits per heavy atom. The summed E-state index contributed by atoms with van der Waals surface area (Å²) in [5, 5.41) is 6.32. The number of fused-ring (bicyclic) bond motifs is 2. The van der Waals surface area contributed by atoms with E-state index in [4.69, 9.17) is 10.5 Å². The minimum absolute atomic E-state index is 0.249. The number of carbonyl (C=O) groups is 1. The summed E-state index contributed by atoms with van der Waals surface area (Å²) in [4.78, 5) is 21.3. The van der Waals surface area contributed by atoms with Crippen LogP contribution in [-0.2, 0) is 11.8 Å². The molecule has 0 atom stereocenters. The topological polar surface area (TPSA) is 116 Å². The fourth-order valence-electron chi connectivity index (χ4n) is 3.23. The number of rotatable bonds is 9. The fourth-order valence-corrected chi connectivity index (χ4v) is 4.12. The molecule has 34 heavy (non-hydrogen) atoms. The molecule has 13 heteroatoms. The number of hydrogen-bond acceptors (Lipinski definition) is 8. The van der Waals surface area contributed by atoms with E-state index in [0.717, 1.165) is 5.52 Å². The number of imidazole rings is 1. The van der Waals surface area contributed by atoms with Gasteiger partial charge in [-0.25, -0.2) is 9.97 Å². The van der Waals surface area contributed by atoms with Gasteiger partial charge in [-0.2, -0.15) is 0 Å². The molecule has 4 N–H and O–H groups in total. The molecule has 2 aromatic heterocycles. The zero-order valence-electron chi connectivity index (χ0n) is 18.0. The summed E-state index contributed by atoms with van der Waals surface area (Å²) < 4.78 is 48.9. The first-order chi connectivity index (χ1) is 16.2. The monoisotopic (exact) mass is 494 g/mol. The first-order valence-corrected chi connectivity index (χ1v) is 11.0. The van der Waals surface area contributed by atoms with Crippen molar-refractivity contribution >= 4 is 49.6 Å². The van der Waals surface area contributed by atoms with Crippen LogP contribution >= 0.6 is 11.3 Å². The Morgan fingerprint density at radius 3 is 2.74 bits per heavy atom. The van der Waals surface area contributed by atoms with Crippen molar-refractivity contribution in [3.05, 3.63) is 42.0 Å². The van der Waals surface area contributed by atoms with E-state index in [1.54, 1.807) is 29.8 Å². The summed E-state index contributed by atoms with van der Waals surface area (Å²) in [5.74, 6) is -0.0929. The van der Waals surface area contributed by atoms with Crippen LogP contribution in [0.2, 0.25) is 0 Å². The van der Waals surface area contributed by atoms with Crippen LogP contribution in [0.3, 0.4) is 0 Å². The molecule has 0 saturated heterocycles. The van der Waals surface area contributed by atoms with E-state index in [1.807, 2.05) is 0 Å². The molecule has 0 bridgehead atoms. The lowest BCUT2D eigenvalue weighted by atomic mass is 10.2. The minimum atomic E-state index is -4.76. The van der Waals surface area contributed by atoms with Crippen molar-refractivity contribution in [2.75, 3.05) is 31.6 Å². The number of carbonyl (C=O) groups excluding carboxylic acids is 1. The Kier molecular flexibility index (Phi) is 6.86. The minimum Gasteiger partial charge on any atom is -0.406 e. The van der Waals surface area contributed by atoms with E-state index < -0.39 is 6.36 Å². The van der Waals surface area contributed by atoms with Gasteiger partial charge in [-0.3, -0.25) is 4.79 Å². The number of alkyl halides is 3. The number of thiazole rings is 1. The Hall–Kier alpha value is -3.42. The van der Waals surface area contributed by atoms with Crippen molar-refractivity contribution in [2.24, 2.45) is 12.8 Å². The van der Waals surface area contributed by atoms with Crippen molar-refractivity contribution in [1.82, 2.24) is 19.9 Å². The lowest BCUT2D eigenvalue weighted by molar-refractivity contribution is -0.274. The van der Waals surface area contributed by atoms with Crippen LogP contribution in [0.4, 0.5) is 24.3 Å². The van der Waals surface area contributed by atoms with Crippen molar-refractivity contribution < 1.29 is 27.4 Å². The van der Waals surface area contributed by atoms with E-state index in [-0.39, 0.29) is 11.7 Å². The maximum absolute atomic E-state index is 12.5. The normalized spacial score (nSPS) is 11.8. The Bertz CT molecular complexity index is 1320. The van der Waals surface area contributed by atoms with Gasteiger partial charge in [-0.05, 0) is 30.3 Å². The first-order valence-electron chi connectivity index (χ1n) is 10.2. The summed E-state index contributed by atoms with van der Waals surface area (Å²) >= 11 is 1.17. The molecule has 2 heterocycles. The highest BCUT2D eigenvalue weighted by Crippen LogP contribution is 2.33. The largest absolute Gasteiger partial charge is 0.573 e. The number of aromatic nitrogens is 3. The Balaban J connectivity index is 1.49. The number of anilines is 2. The maximum Gasteiger partial charge on any atom is 0.573 e. The zero-order valence-corrected chi connectivity index (χ0v) is 18.8. The van der Waals surface area contributed by atoms with Crippen molar-refractivity contribution in [2.45, 2.75) is 6.36 Å². The third-order valence-electron chi connectivity index (χ3n) is 4.75. The van der Waals surface area contributed by atoms with E-state index in [0.29, 0.717) is 58.7 Å². The Morgan fingerprint density at radius 2 is 1.97 bits per heavy atom. The summed E-state index contributed by atoms with van der Waals surface area (Å²) in [6, 6.07) is 9.11. The number of halogens is 3. The molecular weight excluding hydrogens is 473 g/mol. The van der Waals surface area contributed by atoms with Crippen LogP contribution in [-0.4, -0.2) is 53.1 Å². The van der Waals surface area contributed by atoms with Gasteiger partial charge in [0, 0.05) is 31.8 Å². The third kappa shape index (κ3) is 5.55. The second-order valence-electron chi connectivity index (χ2n) is 7.18. The van der Waals surface area contributed by atoms with Gasteiger partial charge in [0.25, 0.3) is 5.91 Å². The molecule has 0 fully saturated rings. The molecule has 0 saturated carbocycles. The standard InChI is InChI=1S/C21H21F3N6O3S/c1-30-16-5-2-12(18(31)26-7-9-32-8-6-25)10-15(16)27-19(30)29-20-28-14-4-3-13(11-17(14)34-20)33-21(22,23)24/h2-5,10-11H,6-9,25H2,1H3,(H,26,31)(H,27,28,29). The number of ether oxygens (including phenoxy) is 2. The third-order valence-corrected chi connectivity index (χ3v) is 5.68. The molecule has 0 radical (unpaired) electrons. The molecule has 2 aromatic carbocycles. The van der Waals surface area contributed by atoms with Gasteiger partial charge in [-0.1, -0.05) is 11.3 Å². The van der Waals surface area contributed by atoms with Crippen LogP contribution < -0.4 is 21.1 Å². The van der Waals surface area contributed by atoms with Crippen LogP contribution in [0.15, 0.2) is 36.4 Å². The van der Waals surface area contributed by atoms with Crippen LogP contribution in [0.25, 0.3) is 21.3 Å². The summed E-state index contributed by atoms with van der Waals surface area (Å²) in [5.41, 5.74) is 7.71. The van der Waals surface area contributed by atoms with Crippen molar-refractivity contribution in [3.8, 4) is 5.75 Å². The number of hydrogen-bond donors (Lipinski definition) is 3. The SMILES string of the molecule is Cn1c(Nc2nc3ccc(OC(F)(F)F)cc3s2)nc2cc(C(=O)NCCOCCN)ccc21. The molecule has 0 aliphatic carbocycles. The van der Waals surface area contributed by atoms with Crippen molar-refractivity contribution in [3.63, 3.8) is 0 Å². The predicted molar refractivity (Wildman–Crippen MR) is 123 cm³/mol. The zero-order chi connectivity index (χ0) is 24.3. The van der Waals surface area contributed by atoms with E-state index in [9.17, 15) is 18.0 Å². The molecule has 0 aliphatic rings. The molecule has 1 amide bonds. The average molecular weight is 494 g/mol. The number of nitrogens with one attached hydrogen (secondary N) is 2. The van der Waals surface area contributed by atoms with Gasteiger partial charge in [0.05, 0.1) is 34.5 Å². The lowest BCUT2D eigenvalue weighted by Gasteiger charge is -2.07. The molecule has 4 rings (SSSR count). The molecule has 180 valence electrons. The number of nitrogens with zero attached hydrogens (tertiary/aromatic N) is 3. The smallest absolute Gasteiger partial charge is 0.406 e. The first kappa shape index (κ1) is 23.7. The van der Waals surface area contributed by atoms with Gasteiger partial charge in [0.2, 0.25) is 5.95 Å². The molecule has 9 nitrogen and oxygen atoms in total. The molecule has 0 spiro atoms. The molecule has 0 aliphatic heterocycles. The second kappa shape index (κ2) is 9.83. The van der Waals surface area contributed by atoms with Gasteiger partial charge in [-0.15, -0.1) is 13.2 Å². The van der Waals surface area contributed by atoms with Crippen LogP contribution in [0, 0.1) is 0 Å².